The Balaban J connectivity index is 4.34. The summed E-state index contributed by atoms with van der Waals surface area (Å²) in [5.41, 5.74) is 0. The van der Waals surface area contributed by atoms with Gasteiger partial charge in [0, 0.05) is 18.4 Å². The van der Waals surface area contributed by atoms with E-state index in [0.29, 0.717) is 6.61 Å². The molecule has 0 spiro atoms. The molecule has 102 valence electrons. The van der Waals surface area contributed by atoms with Crippen molar-refractivity contribution in [1.29, 1.82) is 0 Å². The smallest absolute Gasteiger partial charge is 0.191 e. The molecule has 0 aromatic carbocycles. The average Bonchev–Trinajstić information content (AvgIpc) is 2.22. The number of aliphatic hydroxyl groups is 1. The molecule has 0 radical (unpaired) electrons. The van der Waals surface area contributed by atoms with Crippen LogP contribution in [0.15, 0.2) is 12.7 Å². The van der Waals surface area contributed by atoms with Gasteiger partial charge in [-0.1, -0.05) is 40.7 Å². The van der Waals surface area contributed by atoms with Crippen molar-refractivity contribution in [3.8, 4) is 0 Å². The standard InChI is InChI=1S/C14H30O2Si/c1-9-11(2)13(15)12(3)10-16-17(7,8)14(4,5)6/h9,11-13,15H,1,10H2,2-8H3/t11-,12-,13+/m1/s1. The van der Waals surface area contributed by atoms with E-state index in [2.05, 4.69) is 40.4 Å². The maximum atomic E-state index is 10.1. The number of rotatable bonds is 6. The van der Waals surface area contributed by atoms with Gasteiger partial charge in [-0.3, -0.25) is 0 Å². The lowest BCUT2D eigenvalue weighted by molar-refractivity contribution is 0.0540. The van der Waals surface area contributed by atoms with Crippen LogP contribution in [-0.2, 0) is 4.43 Å². The highest BCUT2D eigenvalue weighted by atomic mass is 28.4. The van der Waals surface area contributed by atoms with Crippen LogP contribution >= 0.6 is 0 Å². The van der Waals surface area contributed by atoms with E-state index in [1.165, 1.54) is 0 Å². The molecule has 0 saturated carbocycles. The predicted octanol–water partition coefficient (Wildman–Crippen LogP) is 3.83. The van der Waals surface area contributed by atoms with Crippen molar-refractivity contribution in [3.05, 3.63) is 12.7 Å². The van der Waals surface area contributed by atoms with Crippen LogP contribution in [0, 0.1) is 11.8 Å². The van der Waals surface area contributed by atoms with Gasteiger partial charge in [-0.05, 0) is 18.1 Å². The molecule has 0 fully saturated rings. The van der Waals surface area contributed by atoms with Crippen LogP contribution < -0.4 is 0 Å². The van der Waals surface area contributed by atoms with Crippen molar-refractivity contribution in [2.75, 3.05) is 6.61 Å². The topological polar surface area (TPSA) is 29.5 Å². The molecule has 1 N–H and O–H groups in total. The Hall–Kier alpha value is -0.123. The summed E-state index contributed by atoms with van der Waals surface area (Å²) in [4.78, 5) is 0. The summed E-state index contributed by atoms with van der Waals surface area (Å²) in [6.45, 7) is 19.5. The van der Waals surface area contributed by atoms with Crippen molar-refractivity contribution in [1.82, 2.24) is 0 Å². The lowest BCUT2D eigenvalue weighted by Crippen LogP contribution is -2.43. The minimum absolute atomic E-state index is 0.119. The first kappa shape index (κ1) is 16.9. The van der Waals surface area contributed by atoms with E-state index in [9.17, 15) is 5.11 Å². The third-order valence-corrected chi connectivity index (χ3v) is 8.51. The fraction of sp³-hybridized carbons (Fsp3) is 0.857. The molecule has 0 heterocycles. The zero-order valence-corrected chi connectivity index (χ0v) is 13.6. The van der Waals surface area contributed by atoms with Crippen LogP contribution in [0.5, 0.6) is 0 Å². The third kappa shape index (κ3) is 4.94. The van der Waals surface area contributed by atoms with E-state index < -0.39 is 8.32 Å². The SMILES string of the molecule is C=C[C@@H](C)[C@H](O)[C@H](C)CO[Si](C)(C)C(C)(C)C. The highest BCUT2D eigenvalue weighted by molar-refractivity contribution is 6.74. The summed E-state index contributed by atoms with van der Waals surface area (Å²) in [6.07, 6.45) is 1.44. The molecular weight excluding hydrogens is 228 g/mol. The van der Waals surface area contributed by atoms with E-state index in [1.54, 1.807) is 6.08 Å². The molecule has 3 heteroatoms. The molecule has 17 heavy (non-hydrogen) atoms. The Morgan fingerprint density at radius 3 is 2.12 bits per heavy atom. The van der Waals surface area contributed by atoms with Crippen LogP contribution in [0.4, 0.5) is 0 Å². The maximum absolute atomic E-state index is 10.1. The van der Waals surface area contributed by atoms with Crippen molar-refractivity contribution < 1.29 is 9.53 Å². The molecule has 0 unspecified atom stereocenters. The van der Waals surface area contributed by atoms with Gasteiger partial charge in [-0.25, -0.2) is 0 Å². The monoisotopic (exact) mass is 258 g/mol. The van der Waals surface area contributed by atoms with Gasteiger partial charge in [0.1, 0.15) is 0 Å². The summed E-state index contributed by atoms with van der Waals surface area (Å²) >= 11 is 0. The maximum Gasteiger partial charge on any atom is 0.191 e. The Morgan fingerprint density at radius 1 is 1.29 bits per heavy atom. The van der Waals surface area contributed by atoms with Crippen LogP contribution in [0.1, 0.15) is 34.6 Å². The second kappa shape index (κ2) is 6.16. The van der Waals surface area contributed by atoms with Gasteiger partial charge in [0.25, 0.3) is 0 Å². The van der Waals surface area contributed by atoms with Gasteiger partial charge >= 0.3 is 0 Å². The number of hydrogen-bond donors (Lipinski definition) is 1. The molecule has 0 aromatic heterocycles. The summed E-state index contributed by atoms with van der Waals surface area (Å²) < 4.78 is 6.12. The molecule has 0 aromatic rings. The lowest BCUT2D eigenvalue weighted by Gasteiger charge is -2.37. The highest BCUT2D eigenvalue weighted by Crippen LogP contribution is 2.37. The summed E-state index contributed by atoms with van der Waals surface area (Å²) in [5.74, 6) is 0.269. The zero-order chi connectivity index (χ0) is 13.9. The zero-order valence-electron chi connectivity index (χ0n) is 12.6. The number of hydrogen-bond acceptors (Lipinski definition) is 2. The summed E-state index contributed by atoms with van der Waals surface area (Å²) in [5, 5.41) is 10.3. The average molecular weight is 258 g/mol. The lowest BCUT2D eigenvalue weighted by atomic mass is 9.94. The van der Waals surface area contributed by atoms with E-state index in [-0.39, 0.29) is 23.0 Å². The summed E-state index contributed by atoms with van der Waals surface area (Å²) in [6, 6.07) is 0. The normalized spacial score (nSPS) is 18.6. The van der Waals surface area contributed by atoms with Crippen molar-refractivity contribution in [2.45, 2.75) is 58.9 Å². The second-order valence-electron chi connectivity index (χ2n) is 6.63. The minimum atomic E-state index is -1.70. The van der Waals surface area contributed by atoms with Crippen LogP contribution in [0.2, 0.25) is 18.1 Å². The molecule has 0 aliphatic carbocycles. The Kier molecular flexibility index (Phi) is 6.12. The van der Waals surface area contributed by atoms with Crippen molar-refractivity contribution >= 4 is 8.32 Å². The molecule has 0 rings (SSSR count). The van der Waals surface area contributed by atoms with Gasteiger partial charge in [0.05, 0.1) is 6.10 Å². The van der Waals surface area contributed by atoms with Gasteiger partial charge in [-0.2, -0.15) is 0 Å². The van der Waals surface area contributed by atoms with Gasteiger partial charge in [-0.15, -0.1) is 6.58 Å². The molecular formula is C14H30O2Si. The molecule has 2 nitrogen and oxygen atoms in total. The van der Waals surface area contributed by atoms with E-state index in [1.807, 2.05) is 13.8 Å². The van der Waals surface area contributed by atoms with Gasteiger partial charge < -0.3 is 9.53 Å². The van der Waals surface area contributed by atoms with Crippen LogP contribution in [-0.4, -0.2) is 26.1 Å². The molecule has 0 aliphatic rings. The van der Waals surface area contributed by atoms with Crippen molar-refractivity contribution in [3.63, 3.8) is 0 Å². The minimum Gasteiger partial charge on any atom is -0.416 e. The Bertz CT molecular complexity index is 243. The number of aliphatic hydroxyl groups excluding tert-OH is 1. The summed E-state index contributed by atoms with van der Waals surface area (Å²) in [7, 11) is -1.70. The quantitative estimate of drug-likeness (QED) is 0.579. The molecule has 0 bridgehead atoms. The largest absolute Gasteiger partial charge is 0.416 e. The van der Waals surface area contributed by atoms with Crippen LogP contribution in [0.3, 0.4) is 0 Å². The third-order valence-electron chi connectivity index (χ3n) is 4.01. The van der Waals surface area contributed by atoms with Gasteiger partial charge in [0.15, 0.2) is 8.32 Å². The molecule has 0 amide bonds. The molecule has 0 aliphatic heterocycles. The first-order valence-electron chi connectivity index (χ1n) is 6.47. The Labute approximate surface area is 108 Å². The molecule has 3 atom stereocenters. The van der Waals surface area contributed by atoms with E-state index in [0.717, 1.165) is 0 Å². The van der Waals surface area contributed by atoms with Gasteiger partial charge in [0.2, 0.25) is 0 Å². The fourth-order valence-electron chi connectivity index (χ4n) is 1.31. The second-order valence-corrected chi connectivity index (χ2v) is 11.4. The van der Waals surface area contributed by atoms with E-state index in [4.69, 9.17) is 4.43 Å². The predicted molar refractivity (Wildman–Crippen MR) is 77.7 cm³/mol. The first-order valence-corrected chi connectivity index (χ1v) is 9.38. The van der Waals surface area contributed by atoms with Crippen LogP contribution in [0.25, 0.3) is 0 Å². The Morgan fingerprint density at radius 2 is 1.76 bits per heavy atom. The first-order chi connectivity index (χ1) is 7.53. The van der Waals surface area contributed by atoms with Crippen molar-refractivity contribution in [2.24, 2.45) is 11.8 Å². The fourth-order valence-corrected chi connectivity index (χ4v) is 2.43. The highest BCUT2D eigenvalue weighted by Gasteiger charge is 2.37. The van der Waals surface area contributed by atoms with E-state index >= 15 is 0 Å². The molecule has 0 saturated heterocycles.